The number of aliphatic hydroxyl groups is 1. The van der Waals surface area contributed by atoms with Crippen molar-refractivity contribution in [2.24, 2.45) is 0 Å². The number of unbranched alkanes of at least 4 members (excludes halogenated alkanes) is 12. The molecule has 170 valence electrons. The number of hydrogen-bond acceptors (Lipinski definition) is 4. The third-order valence-electron chi connectivity index (χ3n) is 5.72. The molecule has 0 bridgehead atoms. The Labute approximate surface area is 224 Å². The van der Waals surface area contributed by atoms with Gasteiger partial charge in [-0.25, -0.2) is 8.42 Å². The first-order chi connectivity index (χ1) is 13.4. The van der Waals surface area contributed by atoms with E-state index in [0.717, 1.165) is 77.0 Å². The van der Waals surface area contributed by atoms with Gasteiger partial charge in [-0.2, -0.15) is 0 Å². The second kappa shape index (κ2) is 22.7. The molecule has 0 aliphatic heterocycles. The van der Waals surface area contributed by atoms with E-state index in [-0.39, 0.29) is 57.5 Å². The van der Waals surface area contributed by atoms with Crippen LogP contribution >= 0.6 is 0 Å². The average molecular weight is 459 g/mol. The van der Waals surface area contributed by atoms with E-state index in [9.17, 15) is 18.1 Å². The molecule has 6 heteroatoms. The minimum atomic E-state index is -4.16. The third-order valence-corrected chi connectivity index (χ3v) is 7.01. The van der Waals surface area contributed by atoms with Gasteiger partial charge >= 0.3 is 51.4 Å². The van der Waals surface area contributed by atoms with Crippen molar-refractivity contribution in [2.45, 2.75) is 147 Å². The monoisotopic (exact) mass is 458 g/mol. The molecule has 0 amide bonds. The van der Waals surface area contributed by atoms with Gasteiger partial charge < -0.3 is 9.66 Å². The molecule has 0 aliphatic rings. The predicted molar refractivity (Wildman–Crippen MR) is 119 cm³/mol. The van der Waals surface area contributed by atoms with E-state index in [4.69, 9.17) is 0 Å². The molecule has 0 saturated heterocycles. The van der Waals surface area contributed by atoms with Crippen molar-refractivity contribution in [3.63, 3.8) is 0 Å². The van der Waals surface area contributed by atoms with Crippen LogP contribution in [0, 0.1) is 0 Å². The number of hydrogen-bond donors (Lipinski definition) is 1. The molecule has 0 rings (SSSR count). The van der Waals surface area contributed by atoms with Crippen LogP contribution in [0.15, 0.2) is 0 Å². The summed E-state index contributed by atoms with van der Waals surface area (Å²) < 4.78 is 34.5. The van der Waals surface area contributed by atoms with Gasteiger partial charge in [0.25, 0.3) is 0 Å². The van der Waals surface area contributed by atoms with Gasteiger partial charge in [-0.3, -0.25) is 0 Å². The van der Waals surface area contributed by atoms with Crippen LogP contribution in [0.2, 0.25) is 0 Å². The second-order valence-electron chi connectivity index (χ2n) is 8.52. The number of rotatable bonds is 21. The minimum absolute atomic E-state index is 0. The zero-order valence-electron chi connectivity index (χ0n) is 19.7. The molecule has 4 nitrogen and oxygen atoms in total. The molecule has 0 aliphatic carbocycles. The summed E-state index contributed by atoms with van der Waals surface area (Å²) in [6, 6.07) is 0. The van der Waals surface area contributed by atoms with Crippen LogP contribution in [0.3, 0.4) is 0 Å². The molecule has 0 heterocycles. The van der Waals surface area contributed by atoms with Crippen molar-refractivity contribution < 1.29 is 69.5 Å². The fourth-order valence-electron chi connectivity index (χ4n) is 3.88. The van der Waals surface area contributed by atoms with E-state index in [2.05, 4.69) is 13.8 Å². The van der Waals surface area contributed by atoms with Gasteiger partial charge in [-0.1, -0.05) is 110 Å². The molecule has 2 atom stereocenters. The van der Waals surface area contributed by atoms with Crippen molar-refractivity contribution >= 4 is 10.1 Å². The maximum atomic E-state index is 11.5. The Morgan fingerprint density at radius 2 is 1.00 bits per heavy atom. The fourth-order valence-corrected chi connectivity index (χ4v) is 4.79. The van der Waals surface area contributed by atoms with Crippen LogP contribution in [-0.2, 0) is 10.1 Å². The molecule has 0 aromatic heterocycles. The van der Waals surface area contributed by atoms with E-state index in [1.54, 1.807) is 0 Å². The van der Waals surface area contributed by atoms with Crippen LogP contribution < -0.4 is 51.4 Å². The second-order valence-corrected chi connectivity index (χ2v) is 10.2. The summed E-state index contributed by atoms with van der Waals surface area (Å²) in [7, 11) is -4.16. The van der Waals surface area contributed by atoms with Gasteiger partial charge in [0.15, 0.2) is 0 Å². The Morgan fingerprint density at radius 1 is 0.621 bits per heavy atom. The Morgan fingerprint density at radius 3 is 1.38 bits per heavy atom. The molecule has 0 spiro atoms. The van der Waals surface area contributed by atoms with Crippen LogP contribution in [0.25, 0.3) is 0 Å². The van der Waals surface area contributed by atoms with E-state index in [1.807, 2.05) is 0 Å². The first-order valence-electron chi connectivity index (χ1n) is 12.0. The maximum absolute atomic E-state index is 11.5. The molecule has 0 aromatic rings. The van der Waals surface area contributed by atoms with Gasteiger partial charge in [-0.05, 0) is 25.7 Å². The summed E-state index contributed by atoms with van der Waals surface area (Å²) in [6.45, 7) is 4.30. The quantitative estimate of drug-likeness (QED) is 0.162. The first kappa shape index (κ1) is 32.7. The van der Waals surface area contributed by atoms with Crippen molar-refractivity contribution in [1.82, 2.24) is 0 Å². The van der Waals surface area contributed by atoms with E-state index < -0.39 is 15.4 Å². The first-order valence-corrected chi connectivity index (χ1v) is 13.5. The maximum Gasteiger partial charge on any atom is 1.00 e. The Bertz CT molecular complexity index is 429. The summed E-state index contributed by atoms with van der Waals surface area (Å²) in [5, 5.41) is 9.01. The van der Waals surface area contributed by atoms with Crippen molar-refractivity contribution in [3.8, 4) is 0 Å². The van der Waals surface area contributed by atoms with Gasteiger partial charge in [0, 0.05) is 5.25 Å². The normalized spacial score (nSPS) is 13.8. The Balaban J connectivity index is 0. The predicted octanol–water partition coefficient (Wildman–Crippen LogP) is 3.72. The fraction of sp³-hybridized carbons (Fsp3) is 1.00. The summed E-state index contributed by atoms with van der Waals surface area (Å²) in [4.78, 5) is 0. The van der Waals surface area contributed by atoms with Gasteiger partial charge in [0.05, 0.1) is 16.2 Å². The van der Waals surface area contributed by atoms with E-state index >= 15 is 0 Å². The Hall–Kier alpha value is 1.51. The summed E-state index contributed by atoms with van der Waals surface area (Å²) in [5.74, 6) is 0. The zero-order chi connectivity index (χ0) is 21.1. The van der Waals surface area contributed by atoms with Crippen LogP contribution in [0.5, 0.6) is 0 Å². The smallest absolute Gasteiger partial charge is 0.748 e. The van der Waals surface area contributed by atoms with Crippen molar-refractivity contribution in [1.29, 1.82) is 0 Å². The Kier molecular flexibility index (Phi) is 25.6. The third kappa shape index (κ3) is 22.5. The van der Waals surface area contributed by atoms with Crippen LogP contribution in [0.4, 0.5) is 0 Å². The molecule has 29 heavy (non-hydrogen) atoms. The minimum Gasteiger partial charge on any atom is -0.748 e. The largest absolute Gasteiger partial charge is 1.00 e. The molecule has 0 aromatic carbocycles. The number of aliphatic hydroxyl groups excluding tert-OH is 1. The zero-order valence-corrected chi connectivity index (χ0v) is 23.6. The van der Waals surface area contributed by atoms with Gasteiger partial charge in [0.1, 0.15) is 0 Å². The van der Waals surface area contributed by atoms with Gasteiger partial charge in [0.2, 0.25) is 0 Å². The summed E-state index contributed by atoms with van der Waals surface area (Å²) in [5.41, 5.74) is 0. The van der Waals surface area contributed by atoms with Crippen LogP contribution in [0.1, 0.15) is 136 Å². The molecule has 2 unspecified atom stereocenters. The average Bonchev–Trinajstić information content (AvgIpc) is 2.63. The standard InChI is InChI=1S/C23H48O4S.K/c1-3-5-6-7-9-13-16-20-23(28(25,26)27)21-17-14-11-8-10-12-15-19-22(24)18-4-2;/h22-24H,3-21H2,1-2H3,(H,25,26,27);/q;+1/p-1. The van der Waals surface area contributed by atoms with Crippen molar-refractivity contribution in [2.75, 3.05) is 0 Å². The topological polar surface area (TPSA) is 77.4 Å². The molecule has 1 N–H and O–H groups in total. The molecular formula is C23H47KO4S. The molecule has 0 radical (unpaired) electrons. The van der Waals surface area contributed by atoms with E-state index in [1.165, 1.54) is 32.1 Å². The van der Waals surface area contributed by atoms with E-state index in [0.29, 0.717) is 12.8 Å². The molecule has 0 fully saturated rings. The van der Waals surface area contributed by atoms with Gasteiger partial charge in [-0.15, -0.1) is 0 Å². The molecular weight excluding hydrogens is 411 g/mol. The van der Waals surface area contributed by atoms with Crippen LogP contribution in [-0.4, -0.2) is 29.4 Å². The van der Waals surface area contributed by atoms with Crippen molar-refractivity contribution in [3.05, 3.63) is 0 Å². The SMILES string of the molecule is CCCCCCCCCC(CCCCCCCCCC(O)CCC)S(=O)(=O)[O-].[K+]. The summed E-state index contributed by atoms with van der Waals surface area (Å²) >= 11 is 0. The summed E-state index contributed by atoms with van der Waals surface area (Å²) in [6.07, 6.45) is 19.4. The molecule has 0 saturated carbocycles.